The maximum atomic E-state index is 12.4. The van der Waals surface area contributed by atoms with Gasteiger partial charge in [0, 0.05) is 23.3 Å². The number of nitrogens with zero attached hydrogens (tertiary/aromatic N) is 3. The monoisotopic (exact) mass is 323 g/mol. The van der Waals surface area contributed by atoms with E-state index in [1.807, 2.05) is 6.92 Å². The van der Waals surface area contributed by atoms with Gasteiger partial charge in [0.15, 0.2) is 0 Å². The number of aryl methyl sites for hydroxylation is 1. The number of rotatable bonds is 2. The molecule has 0 radical (unpaired) electrons. The fraction of sp³-hybridized carbons (Fsp3) is 0.500. The Bertz CT molecular complexity index is 774. The molecule has 0 atom stereocenters. The van der Waals surface area contributed by atoms with Crippen molar-refractivity contribution >= 4 is 28.3 Å². The summed E-state index contributed by atoms with van der Waals surface area (Å²) >= 11 is 1.48. The molecule has 1 saturated heterocycles. The second-order valence-corrected chi connectivity index (χ2v) is 6.81. The number of aliphatic hydroxyl groups is 1. The minimum Gasteiger partial charge on any atom is -0.465 e. The summed E-state index contributed by atoms with van der Waals surface area (Å²) in [4.78, 5) is 29.9. The minimum atomic E-state index is -1.07. The van der Waals surface area contributed by atoms with E-state index in [2.05, 4.69) is 4.98 Å². The molecule has 0 unspecified atom stereocenters. The summed E-state index contributed by atoms with van der Waals surface area (Å²) in [7, 11) is 0. The van der Waals surface area contributed by atoms with E-state index in [4.69, 9.17) is 5.11 Å². The van der Waals surface area contributed by atoms with Crippen molar-refractivity contribution in [1.29, 1.82) is 0 Å². The van der Waals surface area contributed by atoms with Gasteiger partial charge < -0.3 is 15.1 Å². The quantitative estimate of drug-likeness (QED) is 0.868. The Morgan fingerprint density at radius 2 is 2.14 bits per heavy atom. The van der Waals surface area contributed by atoms with Crippen molar-refractivity contribution in [3.8, 4) is 0 Å². The van der Waals surface area contributed by atoms with Crippen LogP contribution < -0.4 is 5.56 Å². The zero-order valence-corrected chi connectivity index (χ0v) is 13.0. The molecule has 0 spiro atoms. The van der Waals surface area contributed by atoms with Gasteiger partial charge in [0.1, 0.15) is 0 Å². The van der Waals surface area contributed by atoms with Crippen LogP contribution in [0, 0.1) is 6.92 Å². The van der Waals surface area contributed by atoms with E-state index in [-0.39, 0.29) is 25.2 Å². The first-order chi connectivity index (χ1) is 10.4. The van der Waals surface area contributed by atoms with E-state index in [0.717, 1.165) is 4.88 Å². The van der Waals surface area contributed by atoms with Gasteiger partial charge >= 0.3 is 6.09 Å². The molecule has 2 N–H and O–H groups in total. The predicted molar refractivity (Wildman–Crippen MR) is 82.4 cm³/mol. The van der Waals surface area contributed by atoms with Gasteiger partial charge in [-0.1, -0.05) is 0 Å². The van der Waals surface area contributed by atoms with Gasteiger partial charge in [0.05, 0.1) is 29.4 Å². The lowest BCUT2D eigenvalue weighted by Crippen LogP contribution is -2.49. The third-order valence-electron chi connectivity index (χ3n) is 4.19. The van der Waals surface area contributed by atoms with Crippen LogP contribution in [0.3, 0.4) is 0 Å². The third-order valence-corrected chi connectivity index (χ3v) is 5.09. The summed E-state index contributed by atoms with van der Waals surface area (Å²) in [5, 5.41) is 21.9. The van der Waals surface area contributed by atoms with Crippen LogP contribution in [0.5, 0.6) is 0 Å². The molecular formula is C14H17N3O4S. The molecule has 2 aromatic heterocycles. The molecule has 8 heteroatoms. The molecule has 1 amide bonds. The van der Waals surface area contributed by atoms with Crippen LogP contribution in [0.25, 0.3) is 10.9 Å². The first-order valence-electron chi connectivity index (χ1n) is 7.03. The fourth-order valence-corrected chi connectivity index (χ4v) is 3.58. The molecular weight excluding hydrogens is 306 g/mol. The van der Waals surface area contributed by atoms with Crippen molar-refractivity contribution in [1.82, 2.24) is 14.5 Å². The van der Waals surface area contributed by atoms with Gasteiger partial charge in [-0.25, -0.2) is 9.78 Å². The van der Waals surface area contributed by atoms with Crippen molar-refractivity contribution in [2.45, 2.75) is 31.9 Å². The number of hydrogen-bond donors (Lipinski definition) is 2. The molecule has 7 nitrogen and oxygen atoms in total. The van der Waals surface area contributed by atoms with E-state index < -0.39 is 11.7 Å². The van der Waals surface area contributed by atoms with Gasteiger partial charge in [-0.05, 0) is 19.8 Å². The lowest BCUT2D eigenvalue weighted by atomic mass is 9.91. The van der Waals surface area contributed by atoms with Gasteiger partial charge in [0.25, 0.3) is 5.56 Å². The van der Waals surface area contributed by atoms with Gasteiger partial charge in [0.2, 0.25) is 0 Å². The average molecular weight is 323 g/mol. The Hall–Kier alpha value is -1.93. The van der Waals surface area contributed by atoms with Gasteiger partial charge in [-0.15, -0.1) is 11.3 Å². The summed E-state index contributed by atoms with van der Waals surface area (Å²) in [5.41, 5.74) is -0.529. The number of piperidine rings is 1. The molecule has 3 rings (SSSR count). The lowest BCUT2D eigenvalue weighted by Gasteiger charge is -2.37. The van der Waals surface area contributed by atoms with Crippen LogP contribution >= 0.6 is 11.3 Å². The molecule has 0 bridgehead atoms. The van der Waals surface area contributed by atoms with E-state index in [0.29, 0.717) is 23.7 Å². The summed E-state index contributed by atoms with van der Waals surface area (Å²) in [6.45, 7) is 2.59. The minimum absolute atomic E-state index is 0.136. The molecule has 3 heterocycles. The topological polar surface area (TPSA) is 95.7 Å². The van der Waals surface area contributed by atoms with Crippen LogP contribution in [0.1, 0.15) is 17.7 Å². The Balaban J connectivity index is 1.83. The molecule has 118 valence electrons. The number of amides is 1. The average Bonchev–Trinajstić information content (AvgIpc) is 2.84. The molecule has 0 aliphatic carbocycles. The molecule has 1 aliphatic rings. The molecule has 22 heavy (non-hydrogen) atoms. The SMILES string of the molecule is Cc1scc2c(=O)n(CC3(O)CCN(C(=O)O)CC3)cnc12. The summed E-state index contributed by atoms with van der Waals surface area (Å²) in [6.07, 6.45) is 1.11. The Morgan fingerprint density at radius 1 is 1.45 bits per heavy atom. The summed E-state index contributed by atoms with van der Waals surface area (Å²) < 4.78 is 1.42. The molecule has 0 aromatic carbocycles. The number of likely N-dealkylation sites (tertiary alicyclic amines) is 1. The smallest absolute Gasteiger partial charge is 0.407 e. The second kappa shape index (κ2) is 5.36. The third kappa shape index (κ3) is 2.59. The largest absolute Gasteiger partial charge is 0.465 e. The molecule has 1 fully saturated rings. The fourth-order valence-electron chi connectivity index (χ4n) is 2.80. The Kier molecular flexibility index (Phi) is 3.65. The highest BCUT2D eigenvalue weighted by atomic mass is 32.1. The van der Waals surface area contributed by atoms with Crippen LogP contribution in [-0.2, 0) is 6.54 Å². The highest BCUT2D eigenvalue weighted by Gasteiger charge is 2.34. The van der Waals surface area contributed by atoms with Crippen LogP contribution in [0.15, 0.2) is 16.5 Å². The van der Waals surface area contributed by atoms with Crippen LogP contribution in [0.2, 0.25) is 0 Å². The number of carboxylic acid groups (broad SMARTS) is 1. The van der Waals surface area contributed by atoms with Crippen molar-refractivity contribution in [3.63, 3.8) is 0 Å². The highest BCUT2D eigenvalue weighted by molar-refractivity contribution is 7.11. The molecule has 1 aliphatic heterocycles. The Morgan fingerprint density at radius 3 is 2.77 bits per heavy atom. The molecule has 0 saturated carbocycles. The summed E-state index contributed by atoms with van der Waals surface area (Å²) in [6, 6.07) is 0. The van der Waals surface area contributed by atoms with E-state index in [1.165, 1.54) is 27.1 Å². The predicted octanol–water partition coefficient (Wildman–Crippen LogP) is 1.27. The number of hydrogen-bond acceptors (Lipinski definition) is 5. The first-order valence-corrected chi connectivity index (χ1v) is 7.91. The van der Waals surface area contributed by atoms with E-state index in [9.17, 15) is 14.7 Å². The zero-order chi connectivity index (χ0) is 15.9. The number of thiophene rings is 1. The standard InChI is InChI=1S/C14H17N3O4S/c1-9-11-10(6-22-9)12(18)17(8-15-11)7-14(21)2-4-16(5-3-14)13(19)20/h6,8,21H,2-5,7H2,1H3,(H,19,20). The van der Waals surface area contributed by atoms with E-state index in [1.54, 1.807) is 5.38 Å². The lowest BCUT2D eigenvalue weighted by molar-refractivity contribution is -0.0303. The maximum Gasteiger partial charge on any atom is 0.407 e. The second-order valence-electron chi connectivity index (χ2n) is 5.73. The van der Waals surface area contributed by atoms with Crippen LogP contribution in [0.4, 0.5) is 4.79 Å². The summed E-state index contributed by atoms with van der Waals surface area (Å²) in [5.74, 6) is 0. The van der Waals surface area contributed by atoms with Gasteiger partial charge in [-0.3, -0.25) is 9.36 Å². The first kappa shape index (κ1) is 15.0. The van der Waals surface area contributed by atoms with Crippen LogP contribution in [-0.4, -0.2) is 49.4 Å². The van der Waals surface area contributed by atoms with Crippen molar-refractivity contribution < 1.29 is 15.0 Å². The zero-order valence-electron chi connectivity index (χ0n) is 12.2. The van der Waals surface area contributed by atoms with Crippen molar-refractivity contribution in [2.24, 2.45) is 0 Å². The Labute approximate surface area is 130 Å². The normalized spacial score (nSPS) is 17.8. The molecule has 2 aromatic rings. The van der Waals surface area contributed by atoms with Crippen molar-refractivity contribution in [2.75, 3.05) is 13.1 Å². The van der Waals surface area contributed by atoms with E-state index >= 15 is 0 Å². The number of fused-ring (bicyclic) bond motifs is 1. The van der Waals surface area contributed by atoms with Gasteiger partial charge in [-0.2, -0.15) is 0 Å². The highest BCUT2D eigenvalue weighted by Crippen LogP contribution is 2.24. The number of aromatic nitrogens is 2. The van der Waals surface area contributed by atoms with Crippen molar-refractivity contribution in [3.05, 3.63) is 26.9 Å². The maximum absolute atomic E-state index is 12.4. The number of carbonyl (C=O) groups is 1.